The fourth-order valence-electron chi connectivity index (χ4n) is 3.59. The molecule has 23 heavy (non-hydrogen) atoms. The number of ether oxygens (including phenoxy) is 2. The molecule has 1 aromatic rings. The first kappa shape index (κ1) is 16.1. The number of rotatable bonds is 6. The van der Waals surface area contributed by atoms with Gasteiger partial charge in [-0.25, -0.2) is 4.79 Å². The molecule has 0 N–H and O–H groups in total. The molecule has 0 spiro atoms. The van der Waals surface area contributed by atoms with E-state index in [1.165, 1.54) is 18.4 Å². The van der Waals surface area contributed by atoms with Crippen molar-refractivity contribution >= 4 is 6.09 Å². The maximum absolute atomic E-state index is 11.5. The van der Waals surface area contributed by atoms with Crippen molar-refractivity contribution in [3.05, 3.63) is 29.8 Å². The summed E-state index contributed by atoms with van der Waals surface area (Å²) in [7, 11) is 1.74. The lowest BCUT2D eigenvalue weighted by molar-refractivity contribution is 0.140. The number of likely N-dealkylation sites (tertiary alicyclic amines) is 1. The van der Waals surface area contributed by atoms with Crippen LogP contribution in [0.1, 0.15) is 18.4 Å². The molecule has 1 amide bonds. The summed E-state index contributed by atoms with van der Waals surface area (Å²) in [4.78, 5) is 15.8. The smallest absolute Gasteiger partial charge is 0.409 e. The van der Waals surface area contributed by atoms with Gasteiger partial charge in [0.25, 0.3) is 0 Å². The molecule has 3 rings (SSSR count). The lowest BCUT2D eigenvalue weighted by Crippen LogP contribution is -2.41. The Morgan fingerprint density at radius 1 is 1.26 bits per heavy atom. The predicted molar refractivity (Wildman–Crippen MR) is 88.8 cm³/mol. The highest BCUT2D eigenvalue weighted by Crippen LogP contribution is 2.26. The van der Waals surface area contributed by atoms with E-state index >= 15 is 0 Å². The molecule has 2 aliphatic rings. The van der Waals surface area contributed by atoms with Crippen LogP contribution in [-0.2, 0) is 11.2 Å². The number of para-hydroxylation sites is 1. The summed E-state index contributed by atoms with van der Waals surface area (Å²) in [6.45, 7) is 5.22. The second kappa shape index (κ2) is 7.68. The van der Waals surface area contributed by atoms with Gasteiger partial charge in [-0.05, 0) is 43.4 Å². The van der Waals surface area contributed by atoms with Crippen molar-refractivity contribution in [3.63, 3.8) is 0 Å². The zero-order valence-electron chi connectivity index (χ0n) is 13.9. The van der Waals surface area contributed by atoms with Crippen LogP contribution in [0.15, 0.2) is 24.3 Å². The standard InChI is InChI=1S/C18H26N2O3/c1-22-17-7-3-2-6-16(17)13-15-5-4-8-19(14-15)9-10-20-11-12-23-18(20)21/h2-3,6-7,15H,4-5,8-14H2,1H3/t15-/m0/s1. The summed E-state index contributed by atoms with van der Waals surface area (Å²) in [6.07, 6.45) is 3.39. The zero-order chi connectivity index (χ0) is 16.1. The van der Waals surface area contributed by atoms with Crippen LogP contribution in [0.5, 0.6) is 5.75 Å². The normalized spacial score (nSPS) is 22.2. The van der Waals surface area contributed by atoms with Crippen LogP contribution in [0.4, 0.5) is 4.79 Å². The largest absolute Gasteiger partial charge is 0.496 e. The highest BCUT2D eigenvalue weighted by Gasteiger charge is 2.25. The van der Waals surface area contributed by atoms with E-state index in [9.17, 15) is 4.79 Å². The molecule has 2 fully saturated rings. The average Bonchev–Trinajstić information content (AvgIpc) is 2.99. The van der Waals surface area contributed by atoms with Crippen LogP contribution in [0.3, 0.4) is 0 Å². The summed E-state index contributed by atoms with van der Waals surface area (Å²) < 4.78 is 10.5. The van der Waals surface area contributed by atoms with Gasteiger partial charge in [0.05, 0.1) is 13.7 Å². The Morgan fingerprint density at radius 2 is 2.13 bits per heavy atom. The topological polar surface area (TPSA) is 42.0 Å². The van der Waals surface area contributed by atoms with Gasteiger partial charge in [-0.15, -0.1) is 0 Å². The summed E-state index contributed by atoms with van der Waals surface area (Å²) >= 11 is 0. The number of benzene rings is 1. The van der Waals surface area contributed by atoms with Crippen molar-refractivity contribution < 1.29 is 14.3 Å². The van der Waals surface area contributed by atoms with Gasteiger partial charge in [0, 0.05) is 19.6 Å². The number of hydrogen-bond donors (Lipinski definition) is 0. The minimum Gasteiger partial charge on any atom is -0.496 e. The fraction of sp³-hybridized carbons (Fsp3) is 0.611. The van der Waals surface area contributed by atoms with Crippen LogP contribution in [0, 0.1) is 5.92 Å². The van der Waals surface area contributed by atoms with Gasteiger partial charge in [-0.3, -0.25) is 0 Å². The van der Waals surface area contributed by atoms with Crippen molar-refractivity contribution in [2.75, 3.05) is 46.4 Å². The Morgan fingerprint density at radius 3 is 2.91 bits per heavy atom. The van der Waals surface area contributed by atoms with Crippen LogP contribution < -0.4 is 4.74 Å². The molecule has 0 aliphatic carbocycles. The summed E-state index contributed by atoms with van der Waals surface area (Å²) in [6, 6.07) is 8.30. The summed E-state index contributed by atoms with van der Waals surface area (Å²) in [5.41, 5.74) is 1.30. The molecule has 2 aliphatic heterocycles. The number of nitrogens with zero attached hydrogens (tertiary/aromatic N) is 2. The minimum atomic E-state index is -0.160. The third-order valence-electron chi connectivity index (χ3n) is 4.84. The first-order chi connectivity index (χ1) is 11.3. The van der Waals surface area contributed by atoms with E-state index in [0.717, 1.165) is 44.9 Å². The van der Waals surface area contributed by atoms with E-state index in [-0.39, 0.29) is 6.09 Å². The first-order valence-electron chi connectivity index (χ1n) is 8.52. The van der Waals surface area contributed by atoms with Gasteiger partial charge in [0.15, 0.2) is 0 Å². The molecule has 5 heteroatoms. The molecular formula is C18H26N2O3. The molecule has 0 aromatic heterocycles. The minimum absolute atomic E-state index is 0.160. The molecule has 0 unspecified atom stereocenters. The van der Waals surface area contributed by atoms with E-state index < -0.39 is 0 Å². The van der Waals surface area contributed by atoms with Crippen molar-refractivity contribution in [3.8, 4) is 5.75 Å². The predicted octanol–water partition coefficient (Wildman–Crippen LogP) is 2.40. The Balaban J connectivity index is 1.50. The van der Waals surface area contributed by atoms with Gasteiger partial charge in [-0.1, -0.05) is 18.2 Å². The van der Waals surface area contributed by atoms with Crippen molar-refractivity contribution in [1.29, 1.82) is 0 Å². The molecule has 0 saturated carbocycles. The van der Waals surface area contributed by atoms with Crippen LogP contribution in [0.2, 0.25) is 0 Å². The summed E-state index contributed by atoms with van der Waals surface area (Å²) in [5, 5.41) is 0. The number of carbonyl (C=O) groups excluding carboxylic acids is 1. The number of carbonyl (C=O) groups is 1. The Kier molecular flexibility index (Phi) is 5.39. The number of hydrogen-bond acceptors (Lipinski definition) is 4. The van der Waals surface area contributed by atoms with Gasteiger partial charge in [0.2, 0.25) is 0 Å². The highest BCUT2D eigenvalue weighted by molar-refractivity contribution is 5.69. The van der Waals surface area contributed by atoms with Crippen molar-refractivity contribution in [2.45, 2.75) is 19.3 Å². The molecule has 0 radical (unpaired) electrons. The molecule has 126 valence electrons. The van der Waals surface area contributed by atoms with Gasteiger partial charge < -0.3 is 19.3 Å². The lowest BCUT2D eigenvalue weighted by atomic mass is 9.91. The Hall–Kier alpha value is -1.75. The molecule has 1 atom stereocenters. The van der Waals surface area contributed by atoms with Crippen LogP contribution in [-0.4, -0.2) is 62.3 Å². The van der Waals surface area contributed by atoms with E-state index in [0.29, 0.717) is 12.5 Å². The van der Waals surface area contributed by atoms with E-state index in [2.05, 4.69) is 17.0 Å². The van der Waals surface area contributed by atoms with Crippen LogP contribution >= 0.6 is 0 Å². The maximum Gasteiger partial charge on any atom is 0.409 e. The molecule has 2 saturated heterocycles. The van der Waals surface area contributed by atoms with E-state index in [1.807, 2.05) is 17.0 Å². The van der Waals surface area contributed by atoms with E-state index in [4.69, 9.17) is 9.47 Å². The molecule has 1 aromatic carbocycles. The molecule has 0 bridgehead atoms. The van der Waals surface area contributed by atoms with Crippen molar-refractivity contribution in [2.24, 2.45) is 5.92 Å². The molecule has 2 heterocycles. The second-order valence-electron chi connectivity index (χ2n) is 6.43. The Bertz CT molecular complexity index is 535. The van der Waals surface area contributed by atoms with Gasteiger partial charge in [0.1, 0.15) is 12.4 Å². The third kappa shape index (κ3) is 4.16. The van der Waals surface area contributed by atoms with Gasteiger partial charge >= 0.3 is 6.09 Å². The lowest BCUT2D eigenvalue weighted by Gasteiger charge is -2.33. The SMILES string of the molecule is COc1ccccc1C[C@@H]1CCCN(CCN2CCOC2=O)C1. The van der Waals surface area contributed by atoms with Gasteiger partial charge in [-0.2, -0.15) is 0 Å². The first-order valence-corrected chi connectivity index (χ1v) is 8.52. The highest BCUT2D eigenvalue weighted by atomic mass is 16.6. The Labute approximate surface area is 138 Å². The molecule has 5 nitrogen and oxygen atoms in total. The fourth-order valence-corrected chi connectivity index (χ4v) is 3.59. The van der Waals surface area contributed by atoms with Crippen molar-refractivity contribution in [1.82, 2.24) is 9.80 Å². The summed E-state index contributed by atoms with van der Waals surface area (Å²) in [5.74, 6) is 1.65. The van der Waals surface area contributed by atoms with Crippen LogP contribution in [0.25, 0.3) is 0 Å². The maximum atomic E-state index is 11.5. The number of amides is 1. The average molecular weight is 318 g/mol. The number of cyclic esters (lactones) is 1. The second-order valence-corrected chi connectivity index (χ2v) is 6.43. The number of piperidine rings is 1. The number of methoxy groups -OCH3 is 1. The zero-order valence-corrected chi connectivity index (χ0v) is 13.9. The molecular weight excluding hydrogens is 292 g/mol. The third-order valence-corrected chi connectivity index (χ3v) is 4.84. The monoisotopic (exact) mass is 318 g/mol. The quantitative estimate of drug-likeness (QED) is 0.808. The van der Waals surface area contributed by atoms with E-state index in [1.54, 1.807) is 7.11 Å².